The first-order valence-electron chi connectivity index (χ1n) is 6.13. The monoisotopic (exact) mass is 260 g/mol. The van der Waals surface area contributed by atoms with Gasteiger partial charge in [0.2, 0.25) is 12.2 Å². The molecule has 0 bridgehead atoms. The molecule has 0 atom stereocenters. The Morgan fingerprint density at radius 3 is 2.58 bits per heavy atom. The Kier molecular flexibility index (Phi) is 6.88. The van der Waals surface area contributed by atoms with E-state index in [4.69, 9.17) is 4.74 Å². The van der Waals surface area contributed by atoms with Crippen molar-refractivity contribution in [2.75, 3.05) is 6.61 Å². The van der Waals surface area contributed by atoms with Crippen molar-refractivity contribution >= 4 is 12.2 Å². The van der Waals surface area contributed by atoms with Gasteiger partial charge in [-0.25, -0.2) is 19.6 Å². The van der Waals surface area contributed by atoms with Gasteiger partial charge >= 0.3 is 0 Å². The van der Waals surface area contributed by atoms with Gasteiger partial charge in [0.1, 0.15) is 5.75 Å². The van der Waals surface area contributed by atoms with E-state index in [2.05, 4.69) is 16.9 Å². The first kappa shape index (κ1) is 14.8. The van der Waals surface area contributed by atoms with Crippen LogP contribution in [0.1, 0.15) is 30.9 Å². The zero-order chi connectivity index (χ0) is 13.9. The highest BCUT2D eigenvalue weighted by Crippen LogP contribution is 2.22. The number of aliphatic imine (C=N–C) groups is 2. The fraction of sp³-hybridized carbons (Fsp3) is 0.429. The molecule has 0 spiro atoms. The van der Waals surface area contributed by atoms with Crippen LogP contribution < -0.4 is 4.74 Å². The van der Waals surface area contributed by atoms with E-state index in [-0.39, 0.29) is 13.1 Å². The molecular formula is C14H16N2O3. The first-order chi connectivity index (χ1) is 9.31. The fourth-order valence-electron chi connectivity index (χ4n) is 1.56. The second-order valence-corrected chi connectivity index (χ2v) is 3.96. The number of ether oxygens (including phenoxy) is 1. The molecule has 0 aliphatic carbocycles. The second-order valence-electron chi connectivity index (χ2n) is 3.96. The molecule has 0 heterocycles. The van der Waals surface area contributed by atoms with Gasteiger partial charge in [0.05, 0.1) is 19.7 Å². The van der Waals surface area contributed by atoms with Gasteiger partial charge in [-0.2, -0.15) is 0 Å². The number of unbranched alkanes of at least 4 members (excludes halogenated alkanes) is 1. The van der Waals surface area contributed by atoms with Crippen molar-refractivity contribution in [1.29, 1.82) is 0 Å². The van der Waals surface area contributed by atoms with Crippen molar-refractivity contribution in [3.8, 4) is 5.75 Å². The smallest absolute Gasteiger partial charge is 0.235 e. The molecule has 0 aliphatic rings. The van der Waals surface area contributed by atoms with E-state index in [1.54, 1.807) is 6.07 Å². The molecule has 0 saturated carbocycles. The largest absolute Gasteiger partial charge is 0.493 e. The highest BCUT2D eigenvalue weighted by Gasteiger charge is 2.05. The molecule has 100 valence electrons. The molecule has 1 aromatic carbocycles. The number of isocyanates is 2. The summed E-state index contributed by atoms with van der Waals surface area (Å²) in [7, 11) is 0. The summed E-state index contributed by atoms with van der Waals surface area (Å²) in [6.45, 7) is 3.18. The predicted octanol–water partition coefficient (Wildman–Crippen LogP) is 2.54. The van der Waals surface area contributed by atoms with Crippen molar-refractivity contribution in [1.82, 2.24) is 0 Å². The van der Waals surface area contributed by atoms with Crippen LogP contribution in [0.25, 0.3) is 0 Å². The van der Waals surface area contributed by atoms with E-state index in [0.717, 1.165) is 24.0 Å². The van der Waals surface area contributed by atoms with Crippen LogP contribution in [0.2, 0.25) is 0 Å². The number of nitrogens with zero attached hydrogens (tertiary/aromatic N) is 2. The minimum Gasteiger partial charge on any atom is -0.493 e. The van der Waals surface area contributed by atoms with Crippen LogP contribution >= 0.6 is 0 Å². The summed E-state index contributed by atoms with van der Waals surface area (Å²) in [5.74, 6) is 0.700. The van der Waals surface area contributed by atoms with Crippen molar-refractivity contribution in [3.63, 3.8) is 0 Å². The lowest BCUT2D eigenvalue weighted by Crippen LogP contribution is -2.00. The molecule has 5 nitrogen and oxygen atoms in total. The quantitative estimate of drug-likeness (QED) is 0.410. The van der Waals surface area contributed by atoms with Gasteiger partial charge in [-0.3, -0.25) is 0 Å². The Hall–Kier alpha value is -2.22. The maximum atomic E-state index is 10.2. The van der Waals surface area contributed by atoms with E-state index in [1.165, 1.54) is 12.2 Å². The average molecular weight is 260 g/mol. The first-order valence-corrected chi connectivity index (χ1v) is 6.13. The maximum absolute atomic E-state index is 10.2. The summed E-state index contributed by atoms with van der Waals surface area (Å²) in [4.78, 5) is 27.4. The molecule has 1 aromatic rings. The van der Waals surface area contributed by atoms with E-state index in [1.807, 2.05) is 12.1 Å². The highest BCUT2D eigenvalue weighted by molar-refractivity contribution is 5.41. The maximum Gasteiger partial charge on any atom is 0.235 e. The van der Waals surface area contributed by atoms with E-state index in [9.17, 15) is 9.59 Å². The molecule has 5 heteroatoms. The average Bonchev–Trinajstić information content (AvgIpc) is 2.44. The Bertz CT molecular complexity index is 501. The van der Waals surface area contributed by atoms with E-state index in [0.29, 0.717) is 12.4 Å². The molecule has 0 aliphatic heterocycles. The van der Waals surface area contributed by atoms with Crippen molar-refractivity contribution in [2.24, 2.45) is 9.98 Å². The topological polar surface area (TPSA) is 68.1 Å². The molecular weight excluding hydrogens is 244 g/mol. The molecule has 0 amide bonds. The van der Waals surface area contributed by atoms with Crippen molar-refractivity contribution < 1.29 is 14.3 Å². The van der Waals surface area contributed by atoms with E-state index < -0.39 is 0 Å². The van der Waals surface area contributed by atoms with Crippen molar-refractivity contribution in [2.45, 2.75) is 32.9 Å². The molecule has 0 radical (unpaired) electrons. The minimum absolute atomic E-state index is 0.212. The molecule has 0 aromatic heterocycles. The number of rotatable bonds is 8. The summed E-state index contributed by atoms with van der Waals surface area (Å²) in [5.41, 5.74) is 1.64. The van der Waals surface area contributed by atoms with Gasteiger partial charge in [0.15, 0.2) is 0 Å². The van der Waals surface area contributed by atoms with Gasteiger partial charge in [-0.15, -0.1) is 0 Å². The van der Waals surface area contributed by atoms with E-state index >= 15 is 0 Å². The molecule has 0 saturated heterocycles. The zero-order valence-corrected chi connectivity index (χ0v) is 10.9. The minimum atomic E-state index is 0.212. The number of carbonyl (C=O) groups excluding carboxylic acids is 2. The van der Waals surface area contributed by atoms with Gasteiger partial charge in [-0.05, 0) is 24.1 Å². The van der Waals surface area contributed by atoms with Crippen LogP contribution in [0.5, 0.6) is 5.75 Å². The molecule has 19 heavy (non-hydrogen) atoms. The Labute approximate surface area is 112 Å². The summed E-state index contributed by atoms with van der Waals surface area (Å²) >= 11 is 0. The van der Waals surface area contributed by atoms with Crippen LogP contribution in [0, 0.1) is 0 Å². The SMILES string of the molecule is CCCCOc1ccc(CN=C=O)cc1CN=C=O. The third-order valence-corrected chi connectivity index (χ3v) is 2.52. The second kappa shape index (κ2) is 8.81. The molecule has 1 rings (SSSR count). The lowest BCUT2D eigenvalue weighted by molar-refractivity contribution is 0.306. The van der Waals surface area contributed by atoms with Gasteiger partial charge in [0, 0.05) is 5.56 Å². The van der Waals surface area contributed by atoms with Crippen LogP contribution in [0.3, 0.4) is 0 Å². The summed E-state index contributed by atoms with van der Waals surface area (Å²) in [6, 6.07) is 5.46. The number of benzene rings is 1. The Morgan fingerprint density at radius 2 is 1.89 bits per heavy atom. The number of hydrogen-bond donors (Lipinski definition) is 0. The molecule has 0 unspecified atom stereocenters. The van der Waals surface area contributed by atoms with Gasteiger partial charge in [-0.1, -0.05) is 19.4 Å². The van der Waals surface area contributed by atoms with Crippen LogP contribution in [0.4, 0.5) is 0 Å². The fourth-order valence-corrected chi connectivity index (χ4v) is 1.56. The Morgan fingerprint density at radius 1 is 1.16 bits per heavy atom. The zero-order valence-electron chi connectivity index (χ0n) is 10.9. The molecule has 0 fully saturated rings. The predicted molar refractivity (Wildman–Crippen MR) is 70.5 cm³/mol. The van der Waals surface area contributed by atoms with Crippen molar-refractivity contribution in [3.05, 3.63) is 29.3 Å². The lowest BCUT2D eigenvalue weighted by Gasteiger charge is -2.10. The normalized spacial score (nSPS) is 9.32. The van der Waals surface area contributed by atoms with Gasteiger partial charge in [0.25, 0.3) is 0 Å². The third-order valence-electron chi connectivity index (χ3n) is 2.52. The molecule has 0 N–H and O–H groups in total. The van der Waals surface area contributed by atoms with Gasteiger partial charge < -0.3 is 4.74 Å². The summed E-state index contributed by atoms with van der Waals surface area (Å²) in [5, 5.41) is 0. The third kappa shape index (κ3) is 5.30. The summed E-state index contributed by atoms with van der Waals surface area (Å²) < 4.78 is 5.64. The highest BCUT2D eigenvalue weighted by atomic mass is 16.5. The summed E-state index contributed by atoms with van der Waals surface area (Å²) in [6.07, 6.45) is 5.02. The standard InChI is InChI=1S/C14H16N2O3/c1-2-3-6-19-14-5-4-12(8-15-10-17)7-13(14)9-16-11-18/h4-5,7H,2-3,6,8-9H2,1H3. The number of hydrogen-bond acceptors (Lipinski definition) is 5. The van der Waals surface area contributed by atoms with Crippen LogP contribution in [-0.4, -0.2) is 18.8 Å². The van der Waals surface area contributed by atoms with Crippen LogP contribution in [0.15, 0.2) is 28.2 Å². The van der Waals surface area contributed by atoms with Crippen LogP contribution in [-0.2, 0) is 22.7 Å². The lowest BCUT2D eigenvalue weighted by atomic mass is 10.1. The Balaban J connectivity index is 2.87.